The molecule has 0 amide bonds. The first-order valence-corrected chi connectivity index (χ1v) is 11.5. The summed E-state index contributed by atoms with van der Waals surface area (Å²) in [5, 5.41) is 0.931. The van der Waals surface area contributed by atoms with Gasteiger partial charge >= 0.3 is 5.69 Å². The van der Waals surface area contributed by atoms with E-state index in [0.717, 1.165) is 33.4 Å². The fraction of sp³-hybridized carbons (Fsp3) is 0.304. The summed E-state index contributed by atoms with van der Waals surface area (Å²) in [6.07, 6.45) is 4.63. The molecule has 0 atom stereocenters. The van der Waals surface area contributed by atoms with Crippen molar-refractivity contribution in [3.05, 3.63) is 64.1 Å². The van der Waals surface area contributed by atoms with E-state index in [1.807, 2.05) is 18.4 Å². The highest BCUT2D eigenvalue weighted by molar-refractivity contribution is 7.98. The van der Waals surface area contributed by atoms with Gasteiger partial charge < -0.3 is 10.7 Å². The lowest BCUT2D eigenvalue weighted by Gasteiger charge is -2.14. The molecule has 1 aliphatic heterocycles. The van der Waals surface area contributed by atoms with Crippen LogP contribution in [0.25, 0.3) is 21.9 Å². The smallest absolute Gasteiger partial charge is 0.326 e. The third-order valence-corrected chi connectivity index (χ3v) is 6.63. The molecule has 30 heavy (non-hydrogen) atoms. The first-order valence-electron chi connectivity index (χ1n) is 10.3. The molecule has 5 rings (SSSR count). The molecule has 4 aromatic rings. The number of hydrogen-bond acceptors (Lipinski definition) is 5. The number of fused-ring (bicyclic) bond motifs is 3. The van der Waals surface area contributed by atoms with E-state index >= 15 is 0 Å². The van der Waals surface area contributed by atoms with E-state index < -0.39 is 0 Å². The van der Waals surface area contributed by atoms with Gasteiger partial charge in [-0.1, -0.05) is 24.3 Å². The van der Waals surface area contributed by atoms with E-state index in [-0.39, 0.29) is 5.69 Å². The average Bonchev–Trinajstić information content (AvgIpc) is 3.38. The van der Waals surface area contributed by atoms with Crippen molar-refractivity contribution in [3.63, 3.8) is 0 Å². The fourth-order valence-electron chi connectivity index (χ4n) is 4.33. The Labute approximate surface area is 179 Å². The largest absolute Gasteiger partial charge is 0.382 e. The van der Waals surface area contributed by atoms with Crippen LogP contribution >= 0.6 is 11.8 Å². The van der Waals surface area contributed by atoms with Crippen molar-refractivity contribution >= 4 is 39.5 Å². The van der Waals surface area contributed by atoms with Crippen LogP contribution in [0.2, 0.25) is 0 Å². The van der Waals surface area contributed by atoms with E-state index in [2.05, 4.69) is 45.2 Å². The quantitative estimate of drug-likeness (QED) is 0.481. The molecule has 1 saturated heterocycles. The minimum absolute atomic E-state index is 0.166. The summed E-state index contributed by atoms with van der Waals surface area (Å²) < 4.78 is 1.77. The topological polar surface area (TPSA) is 79.9 Å². The summed E-state index contributed by atoms with van der Waals surface area (Å²) in [6, 6.07) is 14.7. The number of thioether (sulfide) groups is 1. The molecule has 2 aromatic heterocycles. The second-order valence-electron chi connectivity index (χ2n) is 7.92. The lowest BCUT2D eigenvalue weighted by molar-refractivity contribution is 0.331. The molecule has 3 N–H and O–H groups in total. The van der Waals surface area contributed by atoms with Crippen molar-refractivity contribution in [2.24, 2.45) is 0 Å². The van der Waals surface area contributed by atoms with Gasteiger partial charge in [0.2, 0.25) is 0 Å². The predicted octanol–water partition coefficient (Wildman–Crippen LogP) is 3.83. The van der Waals surface area contributed by atoms with Gasteiger partial charge in [0.1, 0.15) is 11.3 Å². The Bertz CT molecular complexity index is 1270. The normalized spacial score (nSPS) is 14.8. The third kappa shape index (κ3) is 3.48. The van der Waals surface area contributed by atoms with Crippen LogP contribution in [0.15, 0.2) is 52.2 Å². The minimum atomic E-state index is -0.166. The summed E-state index contributed by atoms with van der Waals surface area (Å²) in [5.74, 6) is 0.354. The molecule has 6 nitrogen and oxygen atoms in total. The molecule has 0 spiro atoms. The Hall–Kier alpha value is -2.77. The van der Waals surface area contributed by atoms with Gasteiger partial charge in [0.05, 0.1) is 17.6 Å². The maximum atomic E-state index is 12.8. The first-order chi connectivity index (χ1) is 14.6. The van der Waals surface area contributed by atoms with E-state index in [9.17, 15) is 4.79 Å². The van der Waals surface area contributed by atoms with Gasteiger partial charge in [-0.25, -0.2) is 9.78 Å². The molecular formula is C23H25N5OS. The number of nitrogens with zero attached hydrogens (tertiary/aromatic N) is 3. The van der Waals surface area contributed by atoms with Crippen molar-refractivity contribution in [2.45, 2.75) is 30.8 Å². The summed E-state index contributed by atoms with van der Waals surface area (Å²) >= 11 is 1.66. The Morgan fingerprint density at radius 2 is 1.77 bits per heavy atom. The van der Waals surface area contributed by atoms with E-state index in [1.54, 1.807) is 16.3 Å². The van der Waals surface area contributed by atoms with Crippen LogP contribution in [0, 0.1) is 0 Å². The number of hydrogen-bond donors (Lipinski definition) is 2. The lowest BCUT2D eigenvalue weighted by Crippen LogP contribution is -2.19. The van der Waals surface area contributed by atoms with Gasteiger partial charge in [0, 0.05) is 16.8 Å². The monoisotopic (exact) mass is 419 g/mol. The number of aromatic amines is 1. The number of nitrogens with two attached hydrogens (primary N) is 1. The van der Waals surface area contributed by atoms with Gasteiger partial charge in [0.25, 0.3) is 0 Å². The maximum absolute atomic E-state index is 12.8. The highest BCUT2D eigenvalue weighted by Crippen LogP contribution is 2.29. The highest BCUT2D eigenvalue weighted by Gasteiger charge is 2.16. The summed E-state index contributed by atoms with van der Waals surface area (Å²) in [7, 11) is 0. The van der Waals surface area contributed by atoms with Crippen molar-refractivity contribution in [3.8, 4) is 0 Å². The molecule has 0 bridgehead atoms. The first kappa shape index (κ1) is 19.2. The van der Waals surface area contributed by atoms with Crippen LogP contribution in [0.5, 0.6) is 0 Å². The summed E-state index contributed by atoms with van der Waals surface area (Å²) in [5.41, 5.74) is 10.6. The summed E-state index contributed by atoms with van der Waals surface area (Å²) in [6.45, 7) is 3.87. The third-order valence-electron chi connectivity index (χ3n) is 5.91. The maximum Gasteiger partial charge on any atom is 0.326 e. The Morgan fingerprint density at radius 3 is 2.47 bits per heavy atom. The van der Waals surface area contributed by atoms with Crippen LogP contribution in [-0.2, 0) is 13.1 Å². The molecule has 7 heteroatoms. The molecule has 1 aliphatic rings. The van der Waals surface area contributed by atoms with Crippen molar-refractivity contribution in [1.82, 2.24) is 19.4 Å². The van der Waals surface area contributed by atoms with Crippen LogP contribution in [0.4, 0.5) is 5.82 Å². The number of aromatic nitrogens is 3. The number of likely N-dealkylation sites (tertiary alicyclic amines) is 1. The van der Waals surface area contributed by atoms with Crippen LogP contribution in [0.1, 0.15) is 24.0 Å². The molecule has 0 radical (unpaired) electrons. The van der Waals surface area contributed by atoms with E-state index in [0.29, 0.717) is 17.9 Å². The summed E-state index contributed by atoms with van der Waals surface area (Å²) in [4.78, 5) is 23.8. The van der Waals surface area contributed by atoms with Gasteiger partial charge in [-0.3, -0.25) is 9.47 Å². The van der Waals surface area contributed by atoms with Crippen LogP contribution in [0.3, 0.4) is 0 Å². The fourth-order valence-corrected chi connectivity index (χ4v) is 4.77. The van der Waals surface area contributed by atoms with E-state index in [4.69, 9.17) is 5.73 Å². The highest BCUT2D eigenvalue weighted by atomic mass is 32.2. The molecule has 0 unspecified atom stereocenters. The number of imidazole rings is 1. The molecule has 0 saturated carbocycles. The molecule has 2 aromatic carbocycles. The lowest BCUT2D eigenvalue weighted by atomic mass is 10.1. The van der Waals surface area contributed by atoms with Crippen LogP contribution < -0.4 is 11.4 Å². The standard InChI is InChI=1S/C23H25N5OS/c1-30-17-8-9-18-19(12-17)25-22(24)20-21(18)28(23(29)26-20)14-16-6-4-15(5-7-16)13-27-10-2-3-11-27/h4-9,12H,2-3,10-11,13-14H2,1H3,(H2,24,25)(H,26,29). The predicted molar refractivity (Wildman–Crippen MR) is 124 cm³/mol. The Kier molecular flexibility index (Phi) is 5.00. The number of pyridine rings is 1. The van der Waals surface area contributed by atoms with Crippen molar-refractivity contribution in [2.75, 3.05) is 25.1 Å². The molecular weight excluding hydrogens is 394 g/mol. The van der Waals surface area contributed by atoms with Crippen LogP contribution in [-0.4, -0.2) is 38.8 Å². The zero-order chi connectivity index (χ0) is 20.7. The minimum Gasteiger partial charge on any atom is -0.382 e. The molecule has 3 heterocycles. The number of rotatable bonds is 5. The number of benzene rings is 2. The number of nitrogens with one attached hydrogen (secondary N) is 1. The SMILES string of the molecule is CSc1ccc2c(c1)nc(N)c1[nH]c(=O)n(Cc3ccc(CN4CCCC4)cc3)c12. The zero-order valence-electron chi connectivity index (χ0n) is 17.0. The van der Waals surface area contributed by atoms with Crippen molar-refractivity contribution < 1.29 is 0 Å². The molecule has 0 aliphatic carbocycles. The van der Waals surface area contributed by atoms with E-state index in [1.165, 1.54) is 31.5 Å². The van der Waals surface area contributed by atoms with Gasteiger partial charge in [-0.15, -0.1) is 11.8 Å². The van der Waals surface area contributed by atoms with Crippen molar-refractivity contribution in [1.29, 1.82) is 0 Å². The zero-order valence-corrected chi connectivity index (χ0v) is 17.8. The Balaban J connectivity index is 1.52. The Morgan fingerprint density at radius 1 is 1.07 bits per heavy atom. The molecule has 154 valence electrons. The van der Waals surface area contributed by atoms with Gasteiger partial charge in [-0.05, 0) is 61.5 Å². The van der Waals surface area contributed by atoms with Gasteiger partial charge in [0.15, 0.2) is 0 Å². The number of anilines is 1. The number of nitrogen functional groups attached to an aromatic ring is 1. The number of H-pyrrole nitrogens is 1. The van der Waals surface area contributed by atoms with Gasteiger partial charge in [-0.2, -0.15) is 0 Å². The second-order valence-corrected chi connectivity index (χ2v) is 8.80. The second kappa shape index (κ2) is 7.81. The average molecular weight is 420 g/mol. The molecule has 1 fully saturated rings.